The minimum atomic E-state index is 0.253. The minimum Gasteiger partial charge on any atom is -0.309 e. The maximum absolute atomic E-state index is 3.55. The molecule has 18 heavy (non-hydrogen) atoms. The Bertz CT molecular complexity index is 500. The van der Waals surface area contributed by atoms with Crippen molar-refractivity contribution in [2.45, 2.75) is 19.4 Å². The molecule has 0 saturated carbocycles. The third-order valence-electron chi connectivity index (χ3n) is 2.96. The maximum Gasteiger partial charge on any atom is 0.0843 e. The zero-order valence-corrected chi connectivity index (χ0v) is 14.3. The van der Waals surface area contributed by atoms with Crippen LogP contribution < -0.4 is 5.32 Å². The Hall–Kier alpha value is -0.160. The minimum absolute atomic E-state index is 0.253. The summed E-state index contributed by atoms with van der Waals surface area (Å²) in [4.78, 5) is 1.31. The van der Waals surface area contributed by atoms with Gasteiger partial charge in [-0.2, -0.15) is 0 Å². The van der Waals surface area contributed by atoms with Gasteiger partial charge in [-0.1, -0.05) is 31.2 Å². The molecule has 1 N–H and O–H groups in total. The molecule has 0 aliphatic rings. The Labute approximate surface area is 129 Å². The van der Waals surface area contributed by atoms with E-state index in [9.17, 15) is 0 Å². The Morgan fingerprint density at radius 2 is 1.89 bits per heavy atom. The van der Waals surface area contributed by atoms with Crippen LogP contribution in [0.3, 0.4) is 0 Å². The summed E-state index contributed by atoms with van der Waals surface area (Å²) in [6, 6.07) is 11.3. The molecule has 1 atom stereocenters. The van der Waals surface area contributed by atoms with E-state index in [-0.39, 0.29) is 6.04 Å². The topological polar surface area (TPSA) is 12.0 Å². The molecule has 2 rings (SSSR count). The van der Waals surface area contributed by atoms with E-state index >= 15 is 0 Å². The third-order valence-corrected chi connectivity index (χ3v) is 6.28. The van der Waals surface area contributed by atoms with Gasteiger partial charge in [-0.3, -0.25) is 0 Å². The number of rotatable bonds is 4. The highest BCUT2D eigenvalue weighted by atomic mass is 79.9. The van der Waals surface area contributed by atoms with E-state index in [1.165, 1.54) is 16.0 Å². The number of thiophene rings is 1. The summed E-state index contributed by atoms with van der Waals surface area (Å²) in [5, 5.41) is 3.38. The average molecular weight is 389 g/mol. The van der Waals surface area contributed by atoms with E-state index in [4.69, 9.17) is 0 Å². The highest BCUT2D eigenvalue weighted by Gasteiger charge is 2.15. The first-order valence-electron chi connectivity index (χ1n) is 5.86. The Morgan fingerprint density at radius 3 is 2.33 bits per heavy atom. The first-order chi connectivity index (χ1) is 8.65. The lowest BCUT2D eigenvalue weighted by molar-refractivity contribution is 0.703. The molecule has 4 heteroatoms. The molecule has 1 unspecified atom stereocenters. The van der Waals surface area contributed by atoms with E-state index in [1.54, 1.807) is 11.3 Å². The fraction of sp³-hybridized carbons (Fsp3) is 0.286. The van der Waals surface area contributed by atoms with Crippen molar-refractivity contribution in [3.05, 3.63) is 54.6 Å². The van der Waals surface area contributed by atoms with E-state index in [0.717, 1.165) is 14.7 Å². The maximum atomic E-state index is 3.55. The zero-order chi connectivity index (χ0) is 13.1. The van der Waals surface area contributed by atoms with Crippen molar-refractivity contribution in [3.63, 3.8) is 0 Å². The van der Waals surface area contributed by atoms with Crippen LogP contribution in [0.2, 0.25) is 0 Å². The summed E-state index contributed by atoms with van der Waals surface area (Å²) < 4.78 is 2.26. The van der Waals surface area contributed by atoms with Crippen LogP contribution >= 0.6 is 43.2 Å². The molecule has 2 aromatic rings. The predicted molar refractivity (Wildman–Crippen MR) is 86.4 cm³/mol. The van der Waals surface area contributed by atoms with Crippen LogP contribution in [0.1, 0.15) is 29.0 Å². The van der Waals surface area contributed by atoms with Crippen molar-refractivity contribution >= 4 is 43.2 Å². The molecule has 1 nitrogen and oxygen atoms in total. The third kappa shape index (κ3) is 3.05. The summed E-state index contributed by atoms with van der Waals surface area (Å²) in [5.41, 5.74) is 2.68. The van der Waals surface area contributed by atoms with E-state index in [0.29, 0.717) is 0 Å². The molecule has 0 aliphatic heterocycles. The molecule has 0 bridgehead atoms. The summed E-state index contributed by atoms with van der Waals surface area (Å²) in [5.74, 6) is 0. The van der Waals surface area contributed by atoms with E-state index < -0.39 is 0 Å². The first kappa shape index (κ1) is 14.3. The van der Waals surface area contributed by atoms with Crippen molar-refractivity contribution in [1.82, 2.24) is 5.32 Å². The SMILES string of the molecule is CCc1ccc(C(NC)c2cc(Br)c(Br)s2)cc1. The lowest BCUT2D eigenvalue weighted by atomic mass is 10.0. The Kier molecular flexibility index (Phi) is 5.01. The van der Waals surface area contributed by atoms with Crippen molar-refractivity contribution in [3.8, 4) is 0 Å². The molecule has 96 valence electrons. The van der Waals surface area contributed by atoms with Gasteiger partial charge in [-0.05, 0) is 62.5 Å². The van der Waals surface area contributed by atoms with Gasteiger partial charge < -0.3 is 5.32 Å². The van der Waals surface area contributed by atoms with Gasteiger partial charge in [0.2, 0.25) is 0 Å². The van der Waals surface area contributed by atoms with Crippen LogP contribution in [-0.2, 0) is 6.42 Å². The number of hydrogen-bond acceptors (Lipinski definition) is 2. The molecule has 0 radical (unpaired) electrons. The fourth-order valence-electron chi connectivity index (χ4n) is 1.92. The van der Waals surface area contributed by atoms with Gasteiger partial charge in [0, 0.05) is 9.35 Å². The van der Waals surface area contributed by atoms with Crippen molar-refractivity contribution < 1.29 is 0 Å². The highest BCUT2D eigenvalue weighted by Crippen LogP contribution is 2.37. The van der Waals surface area contributed by atoms with Crippen LogP contribution in [-0.4, -0.2) is 7.05 Å². The number of benzene rings is 1. The molecule has 0 aliphatic carbocycles. The molecule has 1 heterocycles. The van der Waals surface area contributed by atoms with Gasteiger partial charge in [-0.25, -0.2) is 0 Å². The molecule has 0 amide bonds. The monoisotopic (exact) mass is 387 g/mol. The lowest BCUT2D eigenvalue weighted by Gasteiger charge is -2.15. The predicted octanol–water partition coefficient (Wildman–Crippen LogP) is 5.14. The number of halogens is 2. The second-order valence-electron chi connectivity index (χ2n) is 4.09. The molecular weight excluding hydrogens is 374 g/mol. The van der Waals surface area contributed by atoms with Gasteiger partial charge in [0.25, 0.3) is 0 Å². The van der Waals surface area contributed by atoms with Gasteiger partial charge in [0.15, 0.2) is 0 Å². The zero-order valence-electron chi connectivity index (χ0n) is 10.3. The molecule has 1 aromatic heterocycles. The van der Waals surface area contributed by atoms with E-state index in [1.807, 2.05) is 7.05 Å². The highest BCUT2D eigenvalue weighted by molar-refractivity contribution is 9.13. The summed E-state index contributed by atoms with van der Waals surface area (Å²) in [7, 11) is 2.00. The smallest absolute Gasteiger partial charge is 0.0843 e. The normalized spacial score (nSPS) is 12.7. The quantitative estimate of drug-likeness (QED) is 0.764. The van der Waals surface area contributed by atoms with Gasteiger partial charge in [0.05, 0.1) is 9.83 Å². The number of aryl methyl sites for hydroxylation is 1. The van der Waals surface area contributed by atoms with Crippen LogP contribution in [0, 0.1) is 0 Å². The van der Waals surface area contributed by atoms with Crippen LogP contribution in [0.25, 0.3) is 0 Å². The van der Waals surface area contributed by atoms with Crippen molar-refractivity contribution in [1.29, 1.82) is 0 Å². The van der Waals surface area contributed by atoms with Crippen molar-refractivity contribution in [2.24, 2.45) is 0 Å². The van der Waals surface area contributed by atoms with Crippen LogP contribution in [0.15, 0.2) is 38.6 Å². The standard InChI is InChI=1S/C14H15Br2NS/c1-3-9-4-6-10(7-5-9)13(17-2)12-8-11(15)14(16)18-12/h4-8,13,17H,3H2,1-2H3. The molecule has 0 fully saturated rings. The first-order valence-corrected chi connectivity index (χ1v) is 8.26. The van der Waals surface area contributed by atoms with Gasteiger partial charge in [-0.15, -0.1) is 11.3 Å². The number of nitrogens with one attached hydrogen (secondary N) is 1. The summed E-state index contributed by atoms with van der Waals surface area (Å²) in [6.45, 7) is 2.18. The van der Waals surface area contributed by atoms with Crippen LogP contribution in [0.4, 0.5) is 0 Å². The van der Waals surface area contributed by atoms with Gasteiger partial charge in [0.1, 0.15) is 0 Å². The Morgan fingerprint density at radius 1 is 1.22 bits per heavy atom. The van der Waals surface area contributed by atoms with Crippen LogP contribution in [0.5, 0.6) is 0 Å². The Balaban J connectivity index is 2.32. The van der Waals surface area contributed by atoms with Gasteiger partial charge >= 0.3 is 0 Å². The lowest BCUT2D eigenvalue weighted by Crippen LogP contribution is -2.16. The molecular formula is C14H15Br2NS. The summed E-state index contributed by atoms with van der Waals surface area (Å²) >= 11 is 8.86. The largest absolute Gasteiger partial charge is 0.309 e. The van der Waals surface area contributed by atoms with E-state index in [2.05, 4.69) is 74.4 Å². The molecule has 0 spiro atoms. The fourth-order valence-corrected chi connectivity index (χ4v) is 4.15. The second kappa shape index (κ2) is 6.33. The molecule has 1 aromatic carbocycles. The number of hydrogen-bond donors (Lipinski definition) is 1. The average Bonchev–Trinajstić information content (AvgIpc) is 2.71. The van der Waals surface area contributed by atoms with Crippen molar-refractivity contribution in [2.75, 3.05) is 7.05 Å². The molecule has 0 saturated heterocycles. The second-order valence-corrected chi connectivity index (χ2v) is 7.34. The summed E-state index contributed by atoms with van der Waals surface area (Å²) in [6.07, 6.45) is 1.08.